The van der Waals surface area contributed by atoms with Gasteiger partial charge >= 0.3 is 5.97 Å². The SMILES string of the molecule is Cc1cc(-c2c(F)cc(S(=O)(=O)N3CC[C@H](F)C3)cc2F)nc2nc(OCC(=O)OC(C)(C)C)ccc12. The number of carbonyl (C=O) groups is 1. The number of aryl methyl sites for hydroxylation is 1. The number of ether oxygens (including phenoxy) is 2. The predicted octanol–water partition coefficient (Wildman–Crippen LogP) is 4.34. The summed E-state index contributed by atoms with van der Waals surface area (Å²) in [7, 11) is -4.26. The van der Waals surface area contributed by atoms with Gasteiger partial charge in [0.25, 0.3) is 0 Å². The summed E-state index contributed by atoms with van der Waals surface area (Å²) in [6, 6.07) is 6.04. The summed E-state index contributed by atoms with van der Waals surface area (Å²) in [6.45, 7) is 6.05. The van der Waals surface area contributed by atoms with Crippen LogP contribution in [0.3, 0.4) is 0 Å². The first-order valence-electron chi connectivity index (χ1n) is 11.5. The second-order valence-electron chi connectivity index (χ2n) is 9.73. The molecule has 8 nitrogen and oxygen atoms in total. The lowest BCUT2D eigenvalue weighted by atomic mass is 10.1. The molecular formula is C25H26F3N3O5S. The lowest BCUT2D eigenvalue weighted by Crippen LogP contribution is -2.29. The fourth-order valence-corrected chi connectivity index (χ4v) is 5.47. The van der Waals surface area contributed by atoms with Crippen molar-refractivity contribution in [2.24, 2.45) is 0 Å². The number of carbonyl (C=O) groups excluding carboxylic acids is 1. The summed E-state index contributed by atoms with van der Waals surface area (Å²) >= 11 is 0. The molecule has 1 aliphatic rings. The fourth-order valence-electron chi connectivity index (χ4n) is 3.96. The van der Waals surface area contributed by atoms with Crippen molar-refractivity contribution in [3.05, 3.63) is 47.5 Å². The molecule has 4 rings (SSSR count). The van der Waals surface area contributed by atoms with Crippen LogP contribution in [-0.2, 0) is 19.6 Å². The maximum Gasteiger partial charge on any atom is 0.344 e. The number of alkyl halides is 1. The topological polar surface area (TPSA) is 98.7 Å². The van der Waals surface area contributed by atoms with E-state index in [0.717, 1.165) is 4.31 Å². The highest BCUT2D eigenvalue weighted by Crippen LogP contribution is 2.32. The third-order valence-electron chi connectivity index (χ3n) is 5.61. The van der Waals surface area contributed by atoms with E-state index in [2.05, 4.69) is 9.97 Å². The van der Waals surface area contributed by atoms with Crippen LogP contribution in [0.15, 0.2) is 35.2 Å². The molecule has 0 amide bonds. The van der Waals surface area contributed by atoms with Crippen molar-refractivity contribution in [3.63, 3.8) is 0 Å². The number of esters is 1. The van der Waals surface area contributed by atoms with Crippen molar-refractivity contribution >= 4 is 27.0 Å². The van der Waals surface area contributed by atoms with Gasteiger partial charge in [-0.3, -0.25) is 0 Å². The second-order valence-corrected chi connectivity index (χ2v) is 11.7. The van der Waals surface area contributed by atoms with Gasteiger partial charge in [0.05, 0.1) is 16.2 Å². The zero-order valence-corrected chi connectivity index (χ0v) is 21.5. The van der Waals surface area contributed by atoms with E-state index in [9.17, 15) is 17.6 Å². The first-order chi connectivity index (χ1) is 17.2. The minimum absolute atomic E-state index is 0.0268. The Kier molecular flexibility index (Phi) is 7.17. The van der Waals surface area contributed by atoms with Gasteiger partial charge in [0.15, 0.2) is 12.3 Å². The number of nitrogens with zero attached hydrogens (tertiary/aromatic N) is 3. The zero-order valence-electron chi connectivity index (χ0n) is 20.7. The third kappa shape index (κ3) is 5.85. The van der Waals surface area contributed by atoms with Crippen LogP contribution in [0.2, 0.25) is 0 Å². The van der Waals surface area contributed by atoms with E-state index in [1.54, 1.807) is 33.8 Å². The highest BCUT2D eigenvalue weighted by atomic mass is 32.2. The van der Waals surface area contributed by atoms with Crippen LogP contribution < -0.4 is 4.74 Å². The van der Waals surface area contributed by atoms with Gasteiger partial charge in [0.2, 0.25) is 15.9 Å². The maximum absolute atomic E-state index is 15.1. The first-order valence-corrected chi connectivity index (χ1v) is 13.0. The van der Waals surface area contributed by atoms with Crippen LogP contribution in [0.1, 0.15) is 32.8 Å². The van der Waals surface area contributed by atoms with Crippen LogP contribution in [0, 0.1) is 18.6 Å². The molecular weight excluding hydrogens is 511 g/mol. The summed E-state index contributed by atoms with van der Waals surface area (Å²) in [5.74, 6) is -2.82. The van der Waals surface area contributed by atoms with Gasteiger partial charge < -0.3 is 9.47 Å². The number of sulfonamides is 1. The molecule has 1 aromatic carbocycles. The zero-order chi connectivity index (χ0) is 27.1. The molecule has 1 fully saturated rings. The maximum atomic E-state index is 15.1. The third-order valence-corrected chi connectivity index (χ3v) is 7.46. The number of pyridine rings is 2. The fraction of sp³-hybridized carbons (Fsp3) is 0.400. The molecule has 37 heavy (non-hydrogen) atoms. The Morgan fingerprint density at radius 3 is 2.41 bits per heavy atom. The normalized spacial score (nSPS) is 16.8. The molecule has 1 aliphatic heterocycles. The van der Waals surface area contributed by atoms with E-state index >= 15 is 8.78 Å². The van der Waals surface area contributed by atoms with E-state index in [1.165, 1.54) is 12.1 Å². The van der Waals surface area contributed by atoms with Gasteiger partial charge in [-0.1, -0.05) is 0 Å². The van der Waals surface area contributed by atoms with E-state index in [0.29, 0.717) is 23.1 Å². The van der Waals surface area contributed by atoms with Crippen molar-refractivity contribution in [3.8, 4) is 17.1 Å². The van der Waals surface area contributed by atoms with Crippen molar-refractivity contribution in [1.82, 2.24) is 14.3 Å². The molecule has 12 heteroatoms. The van der Waals surface area contributed by atoms with E-state index in [4.69, 9.17) is 9.47 Å². The van der Waals surface area contributed by atoms with E-state index in [1.807, 2.05) is 0 Å². The Hall–Kier alpha value is -3.25. The number of hydrogen-bond donors (Lipinski definition) is 0. The largest absolute Gasteiger partial charge is 0.466 e. The standard InChI is InChI=1S/C25H26F3N3O5S/c1-14-9-20(29-24-17(14)5-6-21(30-24)35-13-22(32)36-25(2,3)4)23-18(27)10-16(11-19(23)28)37(33,34)31-8-7-15(26)12-31/h5-6,9-11,15H,7-8,12-13H2,1-4H3/t15-/m0/s1. The van der Waals surface area contributed by atoms with Crippen LogP contribution in [-0.4, -0.2) is 60.1 Å². The quantitative estimate of drug-likeness (QED) is 0.432. The highest BCUT2D eigenvalue weighted by molar-refractivity contribution is 7.89. The van der Waals surface area contributed by atoms with E-state index < -0.39 is 56.5 Å². The molecule has 3 heterocycles. The molecule has 0 radical (unpaired) electrons. The molecule has 0 bridgehead atoms. The molecule has 0 aliphatic carbocycles. The Labute approximate surface area is 212 Å². The van der Waals surface area contributed by atoms with Crippen molar-refractivity contribution in [2.45, 2.75) is 50.8 Å². The summed E-state index contributed by atoms with van der Waals surface area (Å²) in [5.41, 5.74) is -0.606. The van der Waals surface area contributed by atoms with Crippen molar-refractivity contribution in [1.29, 1.82) is 0 Å². The van der Waals surface area contributed by atoms with Gasteiger partial charge in [-0.25, -0.2) is 31.4 Å². The van der Waals surface area contributed by atoms with E-state index in [-0.39, 0.29) is 36.7 Å². The average molecular weight is 538 g/mol. The monoisotopic (exact) mass is 537 g/mol. The molecule has 1 saturated heterocycles. The van der Waals surface area contributed by atoms with Crippen molar-refractivity contribution < 1.29 is 35.9 Å². The Balaban J connectivity index is 1.65. The molecule has 198 valence electrons. The molecule has 0 saturated carbocycles. The second kappa shape index (κ2) is 9.90. The highest BCUT2D eigenvalue weighted by Gasteiger charge is 2.34. The lowest BCUT2D eigenvalue weighted by Gasteiger charge is -2.19. The predicted molar refractivity (Wildman–Crippen MR) is 129 cm³/mol. The number of rotatable bonds is 6. The average Bonchev–Trinajstić information content (AvgIpc) is 3.23. The van der Waals surface area contributed by atoms with Gasteiger partial charge in [-0.05, 0) is 63.9 Å². The number of hydrogen-bond acceptors (Lipinski definition) is 7. The smallest absolute Gasteiger partial charge is 0.344 e. The Bertz CT molecular complexity index is 1450. The first kappa shape index (κ1) is 26.8. The summed E-state index contributed by atoms with van der Waals surface area (Å²) in [4.78, 5) is 19.8. The van der Waals surface area contributed by atoms with Gasteiger partial charge in [-0.15, -0.1) is 0 Å². The van der Waals surface area contributed by atoms with Crippen LogP contribution >= 0.6 is 0 Å². The summed E-state index contributed by atoms with van der Waals surface area (Å²) in [5, 5.41) is 0.586. The Morgan fingerprint density at radius 1 is 1.14 bits per heavy atom. The van der Waals surface area contributed by atoms with Crippen molar-refractivity contribution in [2.75, 3.05) is 19.7 Å². The van der Waals surface area contributed by atoms with Crippen LogP contribution in [0.25, 0.3) is 22.3 Å². The molecule has 0 spiro atoms. The minimum Gasteiger partial charge on any atom is -0.466 e. The molecule has 2 aromatic heterocycles. The van der Waals surface area contributed by atoms with Crippen LogP contribution in [0.5, 0.6) is 5.88 Å². The molecule has 0 unspecified atom stereocenters. The van der Waals surface area contributed by atoms with Gasteiger partial charge in [-0.2, -0.15) is 9.29 Å². The van der Waals surface area contributed by atoms with Gasteiger partial charge in [0.1, 0.15) is 23.4 Å². The number of benzene rings is 1. The lowest BCUT2D eigenvalue weighted by molar-refractivity contribution is -0.157. The summed E-state index contributed by atoms with van der Waals surface area (Å²) in [6.07, 6.45) is -1.29. The summed E-state index contributed by atoms with van der Waals surface area (Å²) < 4.78 is 80.7. The number of fused-ring (bicyclic) bond motifs is 1. The molecule has 3 aromatic rings. The molecule has 1 atom stereocenters. The number of halogens is 3. The number of aromatic nitrogens is 2. The molecule has 0 N–H and O–H groups in total. The van der Waals surface area contributed by atoms with Crippen LogP contribution in [0.4, 0.5) is 13.2 Å². The minimum atomic E-state index is -4.26. The van der Waals surface area contributed by atoms with Gasteiger partial charge in [0, 0.05) is 24.5 Å². The Morgan fingerprint density at radius 2 is 1.81 bits per heavy atom.